The normalized spacial score (nSPS) is 26.1. The number of carbonyl (C=O) groups is 1. The van der Waals surface area contributed by atoms with E-state index in [1.807, 2.05) is 20.8 Å². The molecule has 1 rings (SSSR count). The number of rotatable bonds is 7. The predicted molar refractivity (Wildman–Crippen MR) is 80.2 cm³/mol. The average molecular weight is 305 g/mol. The second-order valence-corrected chi connectivity index (χ2v) is 8.06. The van der Waals surface area contributed by atoms with Crippen molar-refractivity contribution in [3.05, 3.63) is 0 Å². The van der Waals surface area contributed by atoms with Crippen molar-refractivity contribution in [2.45, 2.75) is 45.2 Å². The van der Waals surface area contributed by atoms with Crippen LogP contribution >= 0.6 is 0 Å². The van der Waals surface area contributed by atoms with E-state index in [2.05, 4.69) is 10.2 Å². The highest BCUT2D eigenvalue weighted by molar-refractivity contribution is 7.91. The molecule has 1 aliphatic heterocycles. The lowest BCUT2D eigenvalue weighted by Crippen LogP contribution is -2.53. The molecule has 1 aliphatic rings. The molecule has 7 heteroatoms. The number of carbonyl (C=O) groups excluding carboxylic acids is 1. The first-order valence-corrected chi connectivity index (χ1v) is 9.02. The minimum absolute atomic E-state index is 0.0488. The molecule has 1 saturated heterocycles. The Morgan fingerprint density at radius 3 is 2.65 bits per heavy atom. The Bertz CT molecular complexity index is 438. The van der Waals surface area contributed by atoms with Crippen molar-refractivity contribution in [1.82, 2.24) is 10.2 Å². The van der Waals surface area contributed by atoms with Gasteiger partial charge in [0, 0.05) is 12.6 Å². The highest BCUT2D eigenvalue weighted by atomic mass is 32.2. The molecule has 0 aromatic rings. The van der Waals surface area contributed by atoms with Gasteiger partial charge in [0.05, 0.1) is 17.0 Å². The van der Waals surface area contributed by atoms with E-state index in [0.717, 1.165) is 13.0 Å². The van der Waals surface area contributed by atoms with E-state index in [1.54, 1.807) is 0 Å². The highest BCUT2D eigenvalue weighted by Crippen LogP contribution is 2.16. The summed E-state index contributed by atoms with van der Waals surface area (Å²) in [5.41, 5.74) is 4.76. The van der Waals surface area contributed by atoms with Gasteiger partial charge in [0.2, 0.25) is 5.91 Å². The van der Waals surface area contributed by atoms with Crippen LogP contribution in [0.5, 0.6) is 0 Å². The molecule has 0 spiro atoms. The first-order valence-electron chi connectivity index (χ1n) is 7.19. The lowest BCUT2D eigenvalue weighted by atomic mass is 9.94. The van der Waals surface area contributed by atoms with E-state index in [1.165, 1.54) is 0 Å². The molecule has 0 saturated carbocycles. The Kier molecular flexibility index (Phi) is 5.97. The van der Waals surface area contributed by atoms with Crippen LogP contribution in [0.1, 0.15) is 33.6 Å². The zero-order chi connectivity index (χ0) is 15.4. The Morgan fingerprint density at radius 2 is 2.15 bits per heavy atom. The molecular formula is C13H27N3O3S. The maximum Gasteiger partial charge on any atom is 0.237 e. The van der Waals surface area contributed by atoms with Gasteiger partial charge in [-0.15, -0.1) is 0 Å². The van der Waals surface area contributed by atoms with Crippen LogP contribution in [-0.4, -0.2) is 61.9 Å². The largest absolute Gasteiger partial charge is 0.368 e. The van der Waals surface area contributed by atoms with Gasteiger partial charge in [-0.05, 0) is 39.8 Å². The standard InChI is InChI=1S/C13H27N3O3S/c1-4-15-13(3,12(14)17)6-5-7-16-8-9-20(18,19)10-11(16)2/h11,15H,4-10H2,1-3H3,(H2,14,17). The number of primary amides is 1. The smallest absolute Gasteiger partial charge is 0.237 e. The maximum atomic E-state index is 11.5. The van der Waals surface area contributed by atoms with Crippen molar-refractivity contribution < 1.29 is 13.2 Å². The Labute approximate surface area is 122 Å². The number of nitrogens with zero attached hydrogens (tertiary/aromatic N) is 1. The fraction of sp³-hybridized carbons (Fsp3) is 0.923. The van der Waals surface area contributed by atoms with Gasteiger partial charge < -0.3 is 11.1 Å². The summed E-state index contributed by atoms with van der Waals surface area (Å²) in [6.07, 6.45) is 1.48. The van der Waals surface area contributed by atoms with Gasteiger partial charge in [0.25, 0.3) is 0 Å². The maximum absolute atomic E-state index is 11.5. The fourth-order valence-corrected chi connectivity index (χ4v) is 4.31. The van der Waals surface area contributed by atoms with E-state index in [4.69, 9.17) is 5.73 Å². The van der Waals surface area contributed by atoms with Crippen LogP contribution in [0.25, 0.3) is 0 Å². The molecule has 6 nitrogen and oxygen atoms in total. The van der Waals surface area contributed by atoms with Crippen molar-refractivity contribution >= 4 is 15.7 Å². The second-order valence-electron chi connectivity index (χ2n) is 5.83. The predicted octanol–water partition coefficient (Wildman–Crippen LogP) is -0.261. The van der Waals surface area contributed by atoms with E-state index in [9.17, 15) is 13.2 Å². The summed E-state index contributed by atoms with van der Waals surface area (Å²) < 4.78 is 23.0. The highest BCUT2D eigenvalue weighted by Gasteiger charge is 2.31. The fourth-order valence-electron chi connectivity index (χ4n) is 2.69. The molecule has 20 heavy (non-hydrogen) atoms. The molecule has 2 unspecified atom stereocenters. The SMILES string of the molecule is CCNC(C)(CCCN1CCS(=O)(=O)CC1C)C(N)=O. The third-order valence-corrected chi connectivity index (χ3v) is 5.84. The lowest BCUT2D eigenvalue weighted by Gasteiger charge is -2.34. The number of hydrogen-bond donors (Lipinski definition) is 2. The molecule has 0 radical (unpaired) electrons. The molecule has 1 amide bonds. The molecular weight excluding hydrogens is 278 g/mol. The summed E-state index contributed by atoms with van der Waals surface area (Å²) in [6.45, 7) is 7.77. The molecule has 1 heterocycles. The van der Waals surface area contributed by atoms with Crippen molar-refractivity contribution in [3.8, 4) is 0 Å². The first kappa shape index (κ1) is 17.4. The summed E-state index contributed by atoms with van der Waals surface area (Å²) in [5.74, 6) is 0.124. The minimum Gasteiger partial charge on any atom is -0.368 e. The second kappa shape index (κ2) is 6.87. The lowest BCUT2D eigenvalue weighted by molar-refractivity contribution is -0.124. The van der Waals surface area contributed by atoms with Crippen LogP contribution in [0, 0.1) is 0 Å². The summed E-state index contributed by atoms with van der Waals surface area (Å²) in [7, 11) is -2.87. The summed E-state index contributed by atoms with van der Waals surface area (Å²) in [6, 6.07) is 0.0488. The van der Waals surface area contributed by atoms with Crippen molar-refractivity contribution in [2.24, 2.45) is 5.73 Å². The summed E-state index contributed by atoms with van der Waals surface area (Å²) >= 11 is 0. The van der Waals surface area contributed by atoms with Gasteiger partial charge in [-0.3, -0.25) is 9.69 Å². The number of hydrogen-bond acceptors (Lipinski definition) is 5. The minimum atomic E-state index is -2.87. The van der Waals surface area contributed by atoms with Gasteiger partial charge in [0.1, 0.15) is 0 Å². The van der Waals surface area contributed by atoms with Gasteiger partial charge in [0.15, 0.2) is 9.84 Å². The first-order chi connectivity index (χ1) is 9.20. The molecule has 0 aromatic carbocycles. The van der Waals surface area contributed by atoms with Crippen LogP contribution in [0.4, 0.5) is 0 Å². The van der Waals surface area contributed by atoms with E-state index in [-0.39, 0.29) is 23.5 Å². The number of likely N-dealkylation sites (N-methyl/N-ethyl adjacent to an activating group) is 1. The zero-order valence-corrected chi connectivity index (χ0v) is 13.5. The van der Waals surface area contributed by atoms with Crippen LogP contribution in [0.2, 0.25) is 0 Å². The molecule has 2 atom stereocenters. The van der Waals surface area contributed by atoms with Crippen LogP contribution in [0.3, 0.4) is 0 Å². The zero-order valence-electron chi connectivity index (χ0n) is 12.7. The van der Waals surface area contributed by atoms with Crippen molar-refractivity contribution in [1.29, 1.82) is 0 Å². The topological polar surface area (TPSA) is 92.5 Å². The number of nitrogens with two attached hydrogens (primary N) is 1. The van der Waals surface area contributed by atoms with E-state index < -0.39 is 15.4 Å². The van der Waals surface area contributed by atoms with Crippen LogP contribution < -0.4 is 11.1 Å². The number of nitrogens with one attached hydrogen (secondary N) is 1. The Hall–Kier alpha value is -0.660. The Morgan fingerprint density at radius 1 is 1.50 bits per heavy atom. The Balaban J connectivity index is 2.46. The average Bonchev–Trinajstić information content (AvgIpc) is 2.31. The third-order valence-electron chi connectivity index (χ3n) is 4.04. The van der Waals surface area contributed by atoms with Crippen LogP contribution in [0.15, 0.2) is 0 Å². The number of amides is 1. The van der Waals surface area contributed by atoms with Gasteiger partial charge in [-0.2, -0.15) is 0 Å². The van der Waals surface area contributed by atoms with E-state index >= 15 is 0 Å². The summed E-state index contributed by atoms with van der Waals surface area (Å²) in [5, 5.41) is 3.13. The van der Waals surface area contributed by atoms with Crippen LogP contribution in [-0.2, 0) is 14.6 Å². The summed E-state index contributed by atoms with van der Waals surface area (Å²) in [4.78, 5) is 13.7. The number of sulfone groups is 1. The van der Waals surface area contributed by atoms with Crippen molar-refractivity contribution in [2.75, 3.05) is 31.1 Å². The molecule has 1 fully saturated rings. The van der Waals surface area contributed by atoms with Gasteiger partial charge in [-0.25, -0.2) is 8.42 Å². The van der Waals surface area contributed by atoms with Gasteiger partial charge in [-0.1, -0.05) is 6.92 Å². The monoisotopic (exact) mass is 305 g/mol. The molecule has 118 valence electrons. The van der Waals surface area contributed by atoms with Crippen molar-refractivity contribution in [3.63, 3.8) is 0 Å². The molecule has 0 aromatic heterocycles. The quantitative estimate of drug-likeness (QED) is 0.676. The van der Waals surface area contributed by atoms with E-state index in [0.29, 0.717) is 19.5 Å². The molecule has 0 bridgehead atoms. The third kappa shape index (κ3) is 4.71. The molecule has 0 aliphatic carbocycles. The molecule has 3 N–H and O–H groups in total. The van der Waals surface area contributed by atoms with Gasteiger partial charge >= 0.3 is 0 Å².